The second-order valence-corrected chi connectivity index (χ2v) is 8.98. The molecule has 2 aliphatic rings. The first kappa shape index (κ1) is 26.5. The Morgan fingerprint density at radius 2 is 1.74 bits per heavy atom. The first-order valence-corrected chi connectivity index (χ1v) is 13.6. The number of benzene rings is 2. The molecule has 39 heavy (non-hydrogen) atoms. The highest BCUT2D eigenvalue weighted by Gasteiger charge is 2.36. The van der Waals surface area contributed by atoms with E-state index in [4.69, 9.17) is 20.4 Å². The summed E-state index contributed by atoms with van der Waals surface area (Å²) in [5, 5.41) is 4.30. The quantitative estimate of drug-likeness (QED) is 0.330. The molecular weight excluding hydrogens is 493 g/mol. The van der Waals surface area contributed by atoms with Gasteiger partial charge in [-0.15, -0.1) is 0 Å². The Kier molecular flexibility index (Phi) is 7.72. The van der Waals surface area contributed by atoms with Gasteiger partial charge in [0.25, 0.3) is 0 Å². The van der Waals surface area contributed by atoms with Crippen LogP contribution in [-0.4, -0.2) is 55.0 Å². The summed E-state index contributed by atoms with van der Waals surface area (Å²) in [6, 6.07) is 18.8. The van der Waals surface area contributed by atoms with Gasteiger partial charge in [0.05, 0.1) is 17.3 Å². The molecule has 3 aromatic heterocycles. The molecule has 7 rings (SSSR count). The topological polar surface area (TPSA) is 87.0 Å². The maximum absolute atomic E-state index is 14.9. The van der Waals surface area contributed by atoms with Crippen molar-refractivity contribution < 1.29 is 9.13 Å². The molecule has 202 valence electrons. The molecule has 2 aliphatic heterocycles. The van der Waals surface area contributed by atoms with Crippen molar-refractivity contribution in [1.82, 2.24) is 29.2 Å². The number of hydrogen-bond donors (Lipinski definition) is 1. The Labute approximate surface area is 227 Å². The molecule has 5 heterocycles. The summed E-state index contributed by atoms with van der Waals surface area (Å²) in [6.07, 6.45) is 3.53. The minimum atomic E-state index is -0.344. The molecule has 1 atom stereocenters. The average Bonchev–Trinajstić information content (AvgIpc) is 3.72. The number of pyridine rings is 1. The van der Waals surface area contributed by atoms with Crippen LogP contribution in [0.15, 0.2) is 73.1 Å². The summed E-state index contributed by atoms with van der Waals surface area (Å²) in [4.78, 5) is 12.0. The molecule has 0 radical (unpaired) electrons. The molecule has 9 heteroatoms. The van der Waals surface area contributed by atoms with Gasteiger partial charge in [0.15, 0.2) is 11.5 Å². The van der Waals surface area contributed by atoms with Gasteiger partial charge in [-0.25, -0.2) is 19.0 Å². The van der Waals surface area contributed by atoms with E-state index in [2.05, 4.69) is 16.1 Å². The van der Waals surface area contributed by atoms with E-state index >= 15 is 0 Å². The number of likely N-dealkylation sites (tertiary alicyclic amines) is 1. The summed E-state index contributed by atoms with van der Waals surface area (Å²) in [6.45, 7) is 10.3. The van der Waals surface area contributed by atoms with Gasteiger partial charge in [0.2, 0.25) is 0 Å². The lowest BCUT2D eigenvalue weighted by Crippen LogP contribution is -2.56. The third-order valence-corrected chi connectivity index (χ3v) is 6.73. The molecule has 0 spiro atoms. The molecule has 0 saturated carbocycles. The van der Waals surface area contributed by atoms with Crippen molar-refractivity contribution in [3.8, 4) is 28.6 Å². The van der Waals surface area contributed by atoms with Crippen molar-refractivity contribution in [2.75, 3.05) is 19.7 Å². The normalized spacial score (nSPS) is 16.4. The molecule has 2 aromatic carbocycles. The van der Waals surface area contributed by atoms with E-state index in [1.807, 2.05) is 68.8 Å². The van der Waals surface area contributed by atoms with Gasteiger partial charge >= 0.3 is 0 Å². The van der Waals surface area contributed by atoms with Crippen LogP contribution in [0.4, 0.5) is 4.39 Å². The van der Waals surface area contributed by atoms with E-state index in [0.29, 0.717) is 35.0 Å². The largest absolute Gasteiger partial charge is 0.491 e. The molecule has 0 bridgehead atoms. The van der Waals surface area contributed by atoms with E-state index in [1.165, 1.54) is 6.07 Å². The minimum absolute atomic E-state index is 0.203. The van der Waals surface area contributed by atoms with Gasteiger partial charge < -0.3 is 10.5 Å². The predicted octanol–water partition coefficient (Wildman–Crippen LogP) is 5.54. The second-order valence-electron chi connectivity index (χ2n) is 8.98. The van der Waals surface area contributed by atoms with Crippen LogP contribution in [0.25, 0.3) is 34.1 Å². The van der Waals surface area contributed by atoms with Crippen molar-refractivity contribution in [3.05, 3.63) is 84.4 Å². The van der Waals surface area contributed by atoms with Crippen LogP contribution in [0.2, 0.25) is 0 Å². The number of imidazole rings is 1. The standard InChI is InChI=1S/C26H22FN7O.2C2H6/c27-20-5-2-1-4-18(20)25-30-21-8-9-24(33-11-3-10-29-33)31-26(21)34(25)17-6-7-19-22(15-35-23(19)12-17)32-13-16(28)14-32;2*1-2/h1-12,16,22H,13-15,28H2;2*1-2H3. The first-order valence-electron chi connectivity index (χ1n) is 13.6. The van der Waals surface area contributed by atoms with Crippen LogP contribution < -0.4 is 10.5 Å². The molecule has 2 N–H and O–H groups in total. The Morgan fingerprint density at radius 3 is 2.46 bits per heavy atom. The molecular formula is C30H34FN7O. The summed E-state index contributed by atoms with van der Waals surface area (Å²) < 4.78 is 24.6. The van der Waals surface area contributed by atoms with Gasteiger partial charge in [-0.2, -0.15) is 5.10 Å². The smallest absolute Gasteiger partial charge is 0.167 e. The highest BCUT2D eigenvalue weighted by Crippen LogP contribution is 2.40. The van der Waals surface area contributed by atoms with Crippen molar-refractivity contribution in [1.29, 1.82) is 0 Å². The van der Waals surface area contributed by atoms with Crippen molar-refractivity contribution in [2.24, 2.45) is 5.73 Å². The zero-order valence-electron chi connectivity index (χ0n) is 22.8. The fraction of sp³-hybridized carbons (Fsp3) is 0.300. The number of ether oxygens (including phenoxy) is 1. The third kappa shape index (κ3) is 4.79. The zero-order valence-corrected chi connectivity index (χ0v) is 22.8. The number of nitrogens with two attached hydrogens (primary N) is 1. The number of hydrogen-bond acceptors (Lipinski definition) is 6. The minimum Gasteiger partial charge on any atom is -0.491 e. The van der Waals surface area contributed by atoms with Crippen molar-refractivity contribution in [2.45, 2.75) is 39.8 Å². The number of aromatic nitrogens is 5. The Hall–Kier alpha value is -4.08. The van der Waals surface area contributed by atoms with Crippen LogP contribution in [0.3, 0.4) is 0 Å². The Morgan fingerprint density at radius 1 is 0.949 bits per heavy atom. The number of rotatable bonds is 4. The average molecular weight is 528 g/mol. The first-order chi connectivity index (χ1) is 19.2. The van der Waals surface area contributed by atoms with Crippen LogP contribution >= 0.6 is 0 Å². The third-order valence-electron chi connectivity index (χ3n) is 6.73. The van der Waals surface area contributed by atoms with E-state index < -0.39 is 0 Å². The SMILES string of the molecule is CC.CC.NC1CN(C2COc3cc(-n4c(-c5ccccc5F)nc5ccc(-n6cccn6)nc54)ccc32)C1. The van der Waals surface area contributed by atoms with Crippen LogP contribution in [-0.2, 0) is 0 Å². The van der Waals surface area contributed by atoms with Gasteiger partial charge in [0.1, 0.15) is 29.5 Å². The van der Waals surface area contributed by atoms with Crippen LogP contribution in [0.5, 0.6) is 5.75 Å². The van der Waals surface area contributed by atoms with Crippen LogP contribution in [0, 0.1) is 5.82 Å². The number of halogens is 1. The van der Waals surface area contributed by atoms with Gasteiger partial charge in [-0.3, -0.25) is 9.47 Å². The zero-order chi connectivity index (χ0) is 27.5. The van der Waals surface area contributed by atoms with E-state index in [-0.39, 0.29) is 17.9 Å². The lowest BCUT2D eigenvalue weighted by atomic mass is 10.0. The number of nitrogens with zero attached hydrogens (tertiary/aromatic N) is 6. The molecule has 0 amide bonds. The van der Waals surface area contributed by atoms with Gasteiger partial charge in [0, 0.05) is 43.2 Å². The summed E-state index contributed by atoms with van der Waals surface area (Å²) >= 11 is 0. The lowest BCUT2D eigenvalue weighted by Gasteiger charge is -2.40. The second kappa shape index (κ2) is 11.3. The molecule has 1 unspecified atom stereocenters. The highest BCUT2D eigenvalue weighted by atomic mass is 19.1. The molecule has 5 aromatic rings. The highest BCUT2D eigenvalue weighted by molar-refractivity contribution is 5.81. The fourth-order valence-electron chi connectivity index (χ4n) is 4.97. The van der Waals surface area contributed by atoms with Gasteiger partial charge in [-0.1, -0.05) is 45.9 Å². The monoisotopic (exact) mass is 527 g/mol. The van der Waals surface area contributed by atoms with Crippen molar-refractivity contribution >= 4 is 11.2 Å². The van der Waals surface area contributed by atoms with Crippen LogP contribution in [0.1, 0.15) is 39.3 Å². The predicted molar refractivity (Wildman–Crippen MR) is 152 cm³/mol. The van der Waals surface area contributed by atoms with E-state index in [0.717, 1.165) is 30.1 Å². The molecule has 1 saturated heterocycles. The Bertz CT molecular complexity index is 1560. The summed E-state index contributed by atoms with van der Waals surface area (Å²) in [5.41, 5.74) is 9.61. The summed E-state index contributed by atoms with van der Waals surface area (Å²) in [7, 11) is 0. The van der Waals surface area contributed by atoms with Crippen molar-refractivity contribution in [3.63, 3.8) is 0 Å². The molecule has 8 nitrogen and oxygen atoms in total. The van der Waals surface area contributed by atoms with Gasteiger partial charge in [-0.05, 0) is 36.4 Å². The molecule has 0 aliphatic carbocycles. The Balaban J connectivity index is 0.000000738. The maximum atomic E-state index is 14.9. The lowest BCUT2D eigenvalue weighted by molar-refractivity contribution is 0.0792. The van der Waals surface area contributed by atoms with E-state index in [9.17, 15) is 4.39 Å². The fourth-order valence-corrected chi connectivity index (χ4v) is 4.97. The maximum Gasteiger partial charge on any atom is 0.167 e. The summed E-state index contributed by atoms with van der Waals surface area (Å²) in [5.74, 6) is 1.60. The van der Waals surface area contributed by atoms with E-state index in [1.54, 1.807) is 29.1 Å². The number of fused-ring (bicyclic) bond motifs is 2. The molecule has 1 fully saturated rings.